The molecule has 0 bridgehead atoms. The van der Waals surface area contributed by atoms with E-state index in [9.17, 15) is 4.79 Å². The Bertz CT molecular complexity index is 821. The summed E-state index contributed by atoms with van der Waals surface area (Å²) in [7, 11) is 0. The van der Waals surface area contributed by atoms with Crippen LogP contribution in [0.2, 0.25) is 0 Å². The molecule has 0 unspecified atom stereocenters. The molecule has 4 rings (SSSR count). The Labute approximate surface area is 167 Å². The van der Waals surface area contributed by atoms with E-state index in [4.69, 9.17) is 4.74 Å². The molecule has 0 aromatic heterocycles. The number of amides is 1. The molecule has 1 amide bonds. The largest absolute Gasteiger partial charge is 0.381 e. The van der Waals surface area contributed by atoms with Crippen molar-refractivity contribution in [2.75, 3.05) is 31.2 Å². The average Bonchev–Trinajstić information content (AvgIpc) is 3.27. The maximum Gasteiger partial charge on any atom is 0.231 e. The molecule has 0 saturated carbocycles. The van der Waals surface area contributed by atoms with E-state index in [0.717, 1.165) is 31.5 Å². The second kappa shape index (κ2) is 8.36. The van der Waals surface area contributed by atoms with Crippen LogP contribution in [0.25, 0.3) is 0 Å². The van der Waals surface area contributed by atoms with Crippen LogP contribution in [0.1, 0.15) is 42.4 Å². The minimum Gasteiger partial charge on any atom is -0.381 e. The van der Waals surface area contributed by atoms with Crippen LogP contribution in [0.15, 0.2) is 48.5 Å². The summed E-state index contributed by atoms with van der Waals surface area (Å²) in [6.07, 6.45) is 3.96. The van der Waals surface area contributed by atoms with Gasteiger partial charge in [0.2, 0.25) is 5.91 Å². The van der Waals surface area contributed by atoms with Crippen molar-refractivity contribution < 1.29 is 9.53 Å². The van der Waals surface area contributed by atoms with Gasteiger partial charge in [0.05, 0.1) is 5.41 Å². The summed E-state index contributed by atoms with van der Waals surface area (Å²) in [5.74, 6) is 0.123. The number of hydrogen-bond acceptors (Lipinski definition) is 3. The van der Waals surface area contributed by atoms with Crippen molar-refractivity contribution in [2.45, 2.75) is 44.6 Å². The number of rotatable bonds is 5. The van der Waals surface area contributed by atoms with Crippen LogP contribution in [0.4, 0.5) is 5.69 Å². The number of carbonyl (C=O) groups is 1. The highest BCUT2D eigenvalue weighted by Crippen LogP contribution is 2.36. The zero-order valence-electron chi connectivity index (χ0n) is 16.7. The number of para-hydroxylation sites is 1. The smallest absolute Gasteiger partial charge is 0.231 e. The molecule has 2 fully saturated rings. The molecule has 0 aliphatic carbocycles. The fourth-order valence-corrected chi connectivity index (χ4v) is 4.58. The highest BCUT2D eigenvalue weighted by atomic mass is 16.5. The first kappa shape index (κ1) is 19.0. The number of anilines is 1. The summed E-state index contributed by atoms with van der Waals surface area (Å²) < 4.78 is 5.59. The maximum absolute atomic E-state index is 13.5. The van der Waals surface area contributed by atoms with Gasteiger partial charge in [-0.2, -0.15) is 0 Å². The highest BCUT2D eigenvalue weighted by molar-refractivity contribution is 5.88. The lowest BCUT2D eigenvalue weighted by Crippen LogP contribution is -2.48. The normalized spacial score (nSPS) is 18.8. The van der Waals surface area contributed by atoms with Crippen LogP contribution in [0, 0.1) is 6.92 Å². The summed E-state index contributed by atoms with van der Waals surface area (Å²) in [5.41, 5.74) is 4.27. The maximum atomic E-state index is 13.5. The summed E-state index contributed by atoms with van der Waals surface area (Å²) in [5, 5.41) is 3.27. The zero-order valence-corrected chi connectivity index (χ0v) is 16.7. The molecule has 0 atom stereocenters. The topological polar surface area (TPSA) is 41.6 Å². The molecular weight excluding hydrogens is 348 g/mol. The number of carbonyl (C=O) groups excluding carboxylic acids is 1. The van der Waals surface area contributed by atoms with E-state index >= 15 is 0 Å². The van der Waals surface area contributed by atoms with Crippen LogP contribution in [0.5, 0.6) is 0 Å². The van der Waals surface area contributed by atoms with Crippen molar-refractivity contribution in [1.82, 2.24) is 5.32 Å². The van der Waals surface area contributed by atoms with Gasteiger partial charge < -0.3 is 15.0 Å². The average molecular weight is 379 g/mol. The van der Waals surface area contributed by atoms with E-state index < -0.39 is 5.41 Å². The van der Waals surface area contributed by atoms with Crippen LogP contribution < -0.4 is 10.2 Å². The van der Waals surface area contributed by atoms with E-state index in [0.29, 0.717) is 19.8 Å². The summed E-state index contributed by atoms with van der Waals surface area (Å²) in [6, 6.07) is 16.9. The van der Waals surface area contributed by atoms with Crippen molar-refractivity contribution in [3.8, 4) is 0 Å². The number of nitrogens with one attached hydrogen (secondary N) is 1. The lowest BCUT2D eigenvalue weighted by molar-refractivity contribution is -0.130. The second-order valence-corrected chi connectivity index (χ2v) is 8.07. The summed E-state index contributed by atoms with van der Waals surface area (Å²) >= 11 is 0. The predicted octanol–water partition coefficient (Wildman–Crippen LogP) is 3.96. The Kier molecular flexibility index (Phi) is 5.67. The van der Waals surface area contributed by atoms with Gasteiger partial charge >= 0.3 is 0 Å². The molecule has 2 saturated heterocycles. The Balaban J connectivity index is 1.55. The third-order valence-electron chi connectivity index (χ3n) is 6.23. The van der Waals surface area contributed by atoms with Crippen molar-refractivity contribution in [2.24, 2.45) is 0 Å². The Morgan fingerprint density at radius 1 is 1.07 bits per heavy atom. The molecule has 2 heterocycles. The van der Waals surface area contributed by atoms with Gasteiger partial charge in [-0.15, -0.1) is 0 Å². The molecule has 2 aromatic carbocycles. The SMILES string of the molecule is Cc1cccc(C2(C(=O)NCc3ccccc3N3CCCC3)CCOCC2)c1. The second-order valence-electron chi connectivity index (χ2n) is 8.07. The molecule has 4 nitrogen and oxygen atoms in total. The van der Waals surface area contributed by atoms with Crippen molar-refractivity contribution in [3.63, 3.8) is 0 Å². The molecule has 0 spiro atoms. The van der Waals surface area contributed by atoms with Gasteiger partial charge in [0.15, 0.2) is 0 Å². The van der Waals surface area contributed by atoms with Crippen molar-refractivity contribution >= 4 is 11.6 Å². The molecule has 2 aromatic rings. The van der Waals surface area contributed by atoms with E-state index in [1.165, 1.54) is 29.7 Å². The predicted molar refractivity (Wildman–Crippen MR) is 113 cm³/mol. The first-order valence-electron chi connectivity index (χ1n) is 10.5. The quantitative estimate of drug-likeness (QED) is 0.856. The minimum absolute atomic E-state index is 0.123. The first-order chi connectivity index (χ1) is 13.7. The van der Waals surface area contributed by atoms with Crippen molar-refractivity contribution in [1.29, 1.82) is 0 Å². The molecule has 0 radical (unpaired) electrons. The highest BCUT2D eigenvalue weighted by Gasteiger charge is 2.41. The molecule has 148 valence electrons. The Morgan fingerprint density at radius 2 is 1.82 bits per heavy atom. The monoisotopic (exact) mass is 378 g/mol. The van der Waals surface area contributed by atoms with Crippen LogP contribution >= 0.6 is 0 Å². The Hall–Kier alpha value is -2.33. The van der Waals surface area contributed by atoms with Gasteiger partial charge in [-0.1, -0.05) is 48.0 Å². The minimum atomic E-state index is -0.493. The van der Waals surface area contributed by atoms with Gasteiger partial charge in [-0.3, -0.25) is 4.79 Å². The standard InChI is InChI=1S/C24H30N2O2/c1-19-7-6-9-21(17-19)24(11-15-28-16-12-24)23(27)25-18-20-8-2-3-10-22(20)26-13-4-5-14-26/h2-3,6-10,17H,4-5,11-16,18H2,1H3,(H,25,27). The van der Waals surface area contributed by atoms with E-state index in [-0.39, 0.29) is 5.91 Å². The third-order valence-corrected chi connectivity index (χ3v) is 6.23. The number of nitrogens with zero attached hydrogens (tertiary/aromatic N) is 1. The molecule has 28 heavy (non-hydrogen) atoms. The summed E-state index contributed by atoms with van der Waals surface area (Å²) in [4.78, 5) is 15.9. The zero-order chi connectivity index (χ0) is 19.4. The van der Waals surface area contributed by atoms with Gasteiger partial charge in [-0.05, 0) is 49.8 Å². The van der Waals surface area contributed by atoms with Gasteiger partial charge in [-0.25, -0.2) is 0 Å². The lowest BCUT2D eigenvalue weighted by atomic mass is 9.73. The number of hydrogen-bond donors (Lipinski definition) is 1. The molecule has 2 aliphatic rings. The van der Waals surface area contributed by atoms with Gasteiger partial charge in [0.25, 0.3) is 0 Å². The summed E-state index contributed by atoms with van der Waals surface area (Å²) in [6.45, 7) is 6.13. The lowest BCUT2D eigenvalue weighted by Gasteiger charge is -2.36. The van der Waals surface area contributed by atoms with Crippen LogP contribution in [-0.4, -0.2) is 32.2 Å². The van der Waals surface area contributed by atoms with E-state index in [1.54, 1.807) is 0 Å². The van der Waals surface area contributed by atoms with E-state index in [1.807, 2.05) is 0 Å². The number of aryl methyl sites for hydroxylation is 1. The molecule has 1 N–H and O–H groups in total. The third kappa shape index (κ3) is 3.79. The van der Waals surface area contributed by atoms with Gasteiger partial charge in [0, 0.05) is 38.5 Å². The number of benzene rings is 2. The first-order valence-corrected chi connectivity index (χ1v) is 10.5. The Morgan fingerprint density at radius 3 is 2.57 bits per heavy atom. The van der Waals surface area contributed by atoms with Gasteiger partial charge in [0.1, 0.15) is 0 Å². The fourth-order valence-electron chi connectivity index (χ4n) is 4.58. The molecule has 2 aliphatic heterocycles. The fraction of sp³-hybridized carbons (Fsp3) is 0.458. The molecular formula is C24H30N2O2. The van der Waals surface area contributed by atoms with Crippen molar-refractivity contribution in [3.05, 3.63) is 65.2 Å². The van der Waals surface area contributed by atoms with E-state index in [2.05, 4.69) is 65.7 Å². The molecule has 4 heteroatoms. The van der Waals surface area contributed by atoms with Crippen LogP contribution in [-0.2, 0) is 21.5 Å². The number of ether oxygens (including phenoxy) is 1. The van der Waals surface area contributed by atoms with Crippen LogP contribution in [0.3, 0.4) is 0 Å².